The number of aromatic amines is 1. The number of hydrogen-bond donors (Lipinski definition) is 2. The van der Waals surface area contributed by atoms with Gasteiger partial charge in [-0.05, 0) is 35.9 Å². The Morgan fingerprint density at radius 3 is 2.57 bits per heavy atom. The van der Waals surface area contributed by atoms with E-state index in [4.69, 9.17) is 9.47 Å². The van der Waals surface area contributed by atoms with Gasteiger partial charge in [0.05, 0.1) is 30.4 Å². The molecule has 3 aromatic rings. The Hall–Kier alpha value is -3.00. The molecule has 0 bridgehead atoms. The van der Waals surface area contributed by atoms with Gasteiger partial charge in [0.25, 0.3) is 0 Å². The van der Waals surface area contributed by atoms with E-state index in [0.717, 1.165) is 23.0 Å². The van der Waals surface area contributed by atoms with Crippen molar-refractivity contribution in [1.82, 2.24) is 4.98 Å². The Morgan fingerprint density at radius 2 is 1.93 bits per heavy atom. The van der Waals surface area contributed by atoms with E-state index in [-0.39, 0.29) is 18.4 Å². The molecule has 0 atom stereocenters. The Labute approximate surface area is 158 Å². The highest BCUT2D eigenvalue weighted by molar-refractivity contribution is 6.03. The molecule has 146 valence electrons. The molecule has 4 rings (SSSR count). The highest BCUT2D eigenvalue weighted by Gasteiger charge is 2.30. The Bertz CT molecular complexity index is 992. The standard InChI is InChI=1S/C20H17F3N2O3/c21-20(22,23)14-3-1-12(2-4-14)9-28-15-5-6-17-16(7-15)18(8-24-17)25-19(26)13-10-27-11-13/h1-8,13,24H,9-11H2,(H,25,26). The first-order valence-corrected chi connectivity index (χ1v) is 8.69. The zero-order valence-corrected chi connectivity index (χ0v) is 14.7. The van der Waals surface area contributed by atoms with E-state index in [1.165, 1.54) is 12.1 Å². The highest BCUT2D eigenvalue weighted by atomic mass is 19.4. The van der Waals surface area contributed by atoms with E-state index in [9.17, 15) is 18.0 Å². The van der Waals surface area contributed by atoms with E-state index in [1.54, 1.807) is 18.3 Å². The summed E-state index contributed by atoms with van der Waals surface area (Å²) in [5.41, 5.74) is 1.41. The van der Waals surface area contributed by atoms with Gasteiger partial charge in [0.15, 0.2) is 0 Å². The highest BCUT2D eigenvalue weighted by Crippen LogP contribution is 2.30. The molecule has 5 nitrogen and oxygen atoms in total. The summed E-state index contributed by atoms with van der Waals surface area (Å²) in [6.45, 7) is 0.987. The molecule has 1 saturated heterocycles. The summed E-state index contributed by atoms with van der Waals surface area (Å²) >= 11 is 0. The quantitative estimate of drug-likeness (QED) is 0.681. The van der Waals surface area contributed by atoms with Crippen LogP contribution in [0, 0.1) is 5.92 Å². The summed E-state index contributed by atoms with van der Waals surface area (Å²) in [4.78, 5) is 15.2. The first kappa shape index (κ1) is 18.4. The molecule has 0 radical (unpaired) electrons. The van der Waals surface area contributed by atoms with Crippen LogP contribution in [0.4, 0.5) is 18.9 Å². The van der Waals surface area contributed by atoms with Gasteiger partial charge in [0.1, 0.15) is 12.4 Å². The van der Waals surface area contributed by atoms with E-state index >= 15 is 0 Å². The number of amides is 1. The zero-order valence-electron chi connectivity index (χ0n) is 14.7. The smallest absolute Gasteiger partial charge is 0.416 e. The second kappa shape index (κ2) is 7.20. The number of halogens is 3. The van der Waals surface area contributed by atoms with Crippen LogP contribution in [-0.2, 0) is 22.3 Å². The van der Waals surface area contributed by atoms with Gasteiger partial charge in [-0.1, -0.05) is 12.1 Å². The number of ether oxygens (including phenoxy) is 2. The minimum Gasteiger partial charge on any atom is -0.489 e. The van der Waals surface area contributed by atoms with E-state index in [0.29, 0.717) is 30.2 Å². The van der Waals surface area contributed by atoms with Crippen LogP contribution in [0.3, 0.4) is 0 Å². The summed E-state index contributed by atoms with van der Waals surface area (Å²) < 4.78 is 48.6. The molecule has 2 heterocycles. The van der Waals surface area contributed by atoms with E-state index in [2.05, 4.69) is 10.3 Å². The molecule has 28 heavy (non-hydrogen) atoms. The van der Waals surface area contributed by atoms with Gasteiger partial charge < -0.3 is 19.8 Å². The normalized spacial score (nSPS) is 14.7. The molecule has 0 aliphatic carbocycles. The largest absolute Gasteiger partial charge is 0.489 e. The predicted octanol–water partition coefficient (Wildman–Crippen LogP) is 4.35. The van der Waals surface area contributed by atoms with Crippen molar-refractivity contribution in [1.29, 1.82) is 0 Å². The second-order valence-corrected chi connectivity index (χ2v) is 6.62. The average molecular weight is 390 g/mol. The number of alkyl halides is 3. The fourth-order valence-electron chi connectivity index (χ4n) is 2.87. The molecular formula is C20H17F3N2O3. The van der Waals surface area contributed by atoms with Crippen molar-refractivity contribution in [3.05, 3.63) is 59.8 Å². The van der Waals surface area contributed by atoms with E-state index in [1.807, 2.05) is 6.07 Å². The lowest BCUT2D eigenvalue weighted by atomic mass is 10.1. The molecule has 8 heteroatoms. The molecule has 0 saturated carbocycles. The Kier molecular flexibility index (Phi) is 4.72. The third-order valence-electron chi connectivity index (χ3n) is 4.61. The maximum atomic E-state index is 12.6. The van der Waals surface area contributed by atoms with Crippen molar-refractivity contribution >= 4 is 22.5 Å². The number of hydrogen-bond acceptors (Lipinski definition) is 3. The lowest BCUT2D eigenvalue weighted by molar-refractivity contribution is -0.137. The predicted molar refractivity (Wildman–Crippen MR) is 97.0 cm³/mol. The van der Waals surface area contributed by atoms with E-state index < -0.39 is 11.7 Å². The lowest BCUT2D eigenvalue weighted by Crippen LogP contribution is -2.38. The van der Waals surface area contributed by atoms with Crippen LogP contribution in [0.2, 0.25) is 0 Å². The van der Waals surface area contributed by atoms with Crippen LogP contribution < -0.4 is 10.1 Å². The van der Waals surface area contributed by atoms with Crippen LogP contribution in [0.15, 0.2) is 48.7 Å². The SMILES string of the molecule is O=C(Nc1c[nH]c2ccc(OCc3ccc(C(F)(F)F)cc3)cc12)C1COC1. The second-order valence-electron chi connectivity index (χ2n) is 6.62. The van der Waals surface area contributed by atoms with Crippen molar-refractivity contribution in [3.8, 4) is 5.75 Å². The van der Waals surface area contributed by atoms with Gasteiger partial charge in [0, 0.05) is 17.1 Å². The maximum Gasteiger partial charge on any atom is 0.416 e. The summed E-state index contributed by atoms with van der Waals surface area (Å²) in [6.07, 6.45) is -2.65. The molecule has 0 spiro atoms. The van der Waals surface area contributed by atoms with Crippen LogP contribution >= 0.6 is 0 Å². The van der Waals surface area contributed by atoms with Gasteiger partial charge in [-0.3, -0.25) is 4.79 Å². The molecule has 1 amide bonds. The molecule has 1 fully saturated rings. The number of fused-ring (bicyclic) bond motifs is 1. The van der Waals surface area contributed by atoms with Crippen LogP contribution in [0.5, 0.6) is 5.75 Å². The van der Waals surface area contributed by atoms with Gasteiger partial charge in [-0.2, -0.15) is 13.2 Å². The molecule has 1 aromatic heterocycles. The third-order valence-corrected chi connectivity index (χ3v) is 4.61. The summed E-state index contributed by atoms with van der Waals surface area (Å²) in [7, 11) is 0. The van der Waals surface area contributed by atoms with Crippen LogP contribution in [0.25, 0.3) is 10.9 Å². The van der Waals surface area contributed by atoms with Crippen molar-refractivity contribution in [2.45, 2.75) is 12.8 Å². The molecule has 1 aliphatic heterocycles. The summed E-state index contributed by atoms with van der Waals surface area (Å²) in [6, 6.07) is 10.2. The van der Waals surface area contributed by atoms with Crippen molar-refractivity contribution < 1.29 is 27.4 Å². The zero-order chi connectivity index (χ0) is 19.7. The molecule has 1 aliphatic rings. The average Bonchev–Trinajstić information content (AvgIpc) is 3.00. The number of nitrogens with one attached hydrogen (secondary N) is 2. The minimum absolute atomic E-state index is 0.0942. The topological polar surface area (TPSA) is 63.4 Å². The molecular weight excluding hydrogens is 373 g/mol. The Balaban J connectivity index is 1.45. The third kappa shape index (κ3) is 3.82. The van der Waals surface area contributed by atoms with Crippen molar-refractivity contribution in [2.75, 3.05) is 18.5 Å². The fraction of sp³-hybridized carbons (Fsp3) is 0.250. The van der Waals surface area contributed by atoms with Crippen LogP contribution in [-0.4, -0.2) is 24.1 Å². The first-order chi connectivity index (χ1) is 13.4. The number of rotatable bonds is 5. The lowest BCUT2D eigenvalue weighted by Gasteiger charge is -2.24. The molecule has 0 unspecified atom stereocenters. The monoisotopic (exact) mass is 390 g/mol. The van der Waals surface area contributed by atoms with Crippen molar-refractivity contribution in [2.24, 2.45) is 5.92 Å². The van der Waals surface area contributed by atoms with Gasteiger partial charge in [-0.25, -0.2) is 0 Å². The number of aromatic nitrogens is 1. The summed E-state index contributed by atoms with van der Waals surface area (Å²) in [5, 5.41) is 3.67. The first-order valence-electron chi connectivity index (χ1n) is 8.69. The number of carbonyl (C=O) groups is 1. The van der Waals surface area contributed by atoms with Gasteiger partial charge in [-0.15, -0.1) is 0 Å². The van der Waals surface area contributed by atoms with Gasteiger partial charge >= 0.3 is 6.18 Å². The van der Waals surface area contributed by atoms with Gasteiger partial charge in [0.2, 0.25) is 5.91 Å². The Morgan fingerprint density at radius 1 is 1.18 bits per heavy atom. The minimum atomic E-state index is -4.36. The van der Waals surface area contributed by atoms with Crippen LogP contribution in [0.1, 0.15) is 11.1 Å². The maximum absolute atomic E-state index is 12.6. The molecule has 2 aromatic carbocycles. The molecule has 2 N–H and O–H groups in total. The van der Waals surface area contributed by atoms with Crippen molar-refractivity contribution in [3.63, 3.8) is 0 Å². The number of benzene rings is 2. The number of anilines is 1. The fourth-order valence-corrected chi connectivity index (χ4v) is 2.87. The number of carbonyl (C=O) groups excluding carboxylic acids is 1. The summed E-state index contributed by atoms with van der Waals surface area (Å²) in [5.74, 6) is 0.321. The number of H-pyrrole nitrogens is 1.